The monoisotopic (exact) mass is 322 g/mol. The molecule has 1 aliphatic rings. The number of aromatic nitrogens is 5. The number of carbonyl (C=O) groups excluding carboxylic acids is 1. The van der Waals surface area contributed by atoms with E-state index in [1.165, 1.54) is 0 Å². The fourth-order valence-electron chi connectivity index (χ4n) is 3.11. The lowest BCUT2D eigenvalue weighted by atomic mass is 10.1. The predicted molar refractivity (Wildman–Crippen MR) is 87.7 cm³/mol. The molecule has 0 saturated heterocycles. The van der Waals surface area contributed by atoms with Gasteiger partial charge in [0, 0.05) is 12.2 Å². The molecule has 1 atom stereocenters. The van der Waals surface area contributed by atoms with Crippen molar-refractivity contribution in [1.82, 2.24) is 29.9 Å². The average molecular weight is 322 g/mol. The van der Waals surface area contributed by atoms with Crippen LogP contribution < -0.4 is 0 Å². The van der Waals surface area contributed by atoms with Gasteiger partial charge in [-0.25, -0.2) is 0 Å². The highest BCUT2D eigenvalue weighted by Gasteiger charge is 2.33. The largest absolute Gasteiger partial charge is 0.329 e. The maximum atomic E-state index is 12.8. The third kappa shape index (κ3) is 2.38. The summed E-state index contributed by atoms with van der Waals surface area (Å²) in [4.78, 5) is 14.6. The highest BCUT2D eigenvalue weighted by Crippen LogP contribution is 2.28. The van der Waals surface area contributed by atoms with E-state index >= 15 is 0 Å². The summed E-state index contributed by atoms with van der Waals surface area (Å²) in [5.41, 5.74) is 2.76. The molecule has 24 heavy (non-hydrogen) atoms. The summed E-state index contributed by atoms with van der Waals surface area (Å²) in [6.07, 6.45) is 0. The summed E-state index contributed by atoms with van der Waals surface area (Å²) < 4.78 is 1.89. The van der Waals surface area contributed by atoms with E-state index in [0.29, 0.717) is 24.6 Å². The molecule has 2 aromatic heterocycles. The van der Waals surface area contributed by atoms with Gasteiger partial charge in [-0.3, -0.25) is 14.5 Å². The van der Waals surface area contributed by atoms with Crippen molar-refractivity contribution in [3.8, 4) is 11.5 Å². The third-order valence-electron chi connectivity index (χ3n) is 4.31. The minimum absolute atomic E-state index is 0.0691. The van der Waals surface area contributed by atoms with Crippen molar-refractivity contribution in [2.45, 2.75) is 33.0 Å². The van der Waals surface area contributed by atoms with E-state index in [1.54, 1.807) is 0 Å². The van der Waals surface area contributed by atoms with Crippen molar-refractivity contribution >= 4 is 5.91 Å². The second-order valence-electron chi connectivity index (χ2n) is 6.10. The molecule has 1 N–H and O–H groups in total. The minimum Gasteiger partial charge on any atom is -0.329 e. The smallest absolute Gasteiger partial charge is 0.246 e. The van der Waals surface area contributed by atoms with Crippen molar-refractivity contribution in [1.29, 1.82) is 0 Å². The topological polar surface area (TPSA) is 79.7 Å². The van der Waals surface area contributed by atoms with Crippen molar-refractivity contribution in [3.63, 3.8) is 0 Å². The Labute approximate surface area is 139 Å². The molecule has 1 amide bonds. The van der Waals surface area contributed by atoms with Gasteiger partial charge in [-0.2, -0.15) is 5.10 Å². The summed E-state index contributed by atoms with van der Waals surface area (Å²) in [5.74, 6) is 1.49. The van der Waals surface area contributed by atoms with Gasteiger partial charge in [0.2, 0.25) is 5.91 Å². The van der Waals surface area contributed by atoms with Gasteiger partial charge in [-0.15, -0.1) is 10.2 Å². The number of aryl methyl sites for hydroxylation is 1. The number of aromatic amines is 1. The van der Waals surface area contributed by atoms with E-state index in [4.69, 9.17) is 0 Å². The highest BCUT2D eigenvalue weighted by atomic mass is 16.2. The lowest BCUT2D eigenvalue weighted by Crippen LogP contribution is -2.41. The first-order valence-corrected chi connectivity index (χ1v) is 7.92. The van der Waals surface area contributed by atoms with Crippen LogP contribution in [-0.2, 0) is 17.9 Å². The first-order chi connectivity index (χ1) is 11.6. The number of amides is 1. The predicted octanol–water partition coefficient (Wildman–Crippen LogP) is 2.08. The van der Waals surface area contributed by atoms with Gasteiger partial charge in [-0.05, 0) is 25.5 Å². The first-order valence-electron chi connectivity index (χ1n) is 7.92. The zero-order valence-electron chi connectivity index (χ0n) is 13.6. The molecule has 0 aliphatic carbocycles. The van der Waals surface area contributed by atoms with Crippen LogP contribution in [-0.4, -0.2) is 35.8 Å². The van der Waals surface area contributed by atoms with E-state index < -0.39 is 0 Å². The van der Waals surface area contributed by atoms with Crippen LogP contribution in [0.1, 0.15) is 30.0 Å². The SMILES string of the molecule is Cc1cc(-c2nnc3n2[C@@H](C)C(=O)N(Cc2ccccc2)C3)n[nH]1. The summed E-state index contributed by atoms with van der Waals surface area (Å²) >= 11 is 0. The number of nitrogens with one attached hydrogen (secondary N) is 1. The Balaban J connectivity index is 1.66. The molecule has 3 heterocycles. The van der Waals surface area contributed by atoms with E-state index in [1.807, 2.05) is 59.7 Å². The van der Waals surface area contributed by atoms with Crippen LogP contribution in [0.15, 0.2) is 36.4 Å². The van der Waals surface area contributed by atoms with E-state index in [-0.39, 0.29) is 11.9 Å². The number of H-pyrrole nitrogens is 1. The third-order valence-corrected chi connectivity index (χ3v) is 4.31. The zero-order chi connectivity index (χ0) is 16.7. The van der Waals surface area contributed by atoms with Gasteiger partial charge in [0.15, 0.2) is 11.6 Å². The standard InChI is InChI=1S/C17H18N6O/c1-11-8-14(19-18-11)16-21-20-15-10-22(17(24)12(2)23(15)16)9-13-6-4-3-5-7-13/h3-8,12H,9-10H2,1-2H3,(H,18,19)/t12-/m0/s1. The van der Waals surface area contributed by atoms with Crippen LogP contribution >= 0.6 is 0 Å². The van der Waals surface area contributed by atoms with Gasteiger partial charge in [0.1, 0.15) is 11.7 Å². The Kier molecular flexibility index (Phi) is 3.41. The number of rotatable bonds is 3. The fourth-order valence-corrected chi connectivity index (χ4v) is 3.11. The number of carbonyl (C=O) groups is 1. The summed E-state index contributed by atoms with van der Waals surface area (Å²) in [7, 11) is 0. The second kappa shape index (κ2) is 5.59. The first kappa shape index (κ1) is 14.6. The average Bonchev–Trinajstić information content (AvgIpc) is 3.19. The maximum absolute atomic E-state index is 12.8. The van der Waals surface area contributed by atoms with E-state index in [2.05, 4.69) is 20.4 Å². The summed E-state index contributed by atoms with van der Waals surface area (Å²) in [5, 5.41) is 15.7. The maximum Gasteiger partial charge on any atom is 0.246 e. The molecular formula is C17H18N6O. The van der Waals surface area contributed by atoms with Crippen molar-refractivity contribution in [3.05, 3.63) is 53.5 Å². The Morgan fingerprint density at radius 1 is 1.25 bits per heavy atom. The van der Waals surface area contributed by atoms with Crippen LogP contribution in [0.4, 0.5) is 0 Å². The van der Waals surface area contributed by atoms with Gasteiger partial charge in [-0.1, -0.05) is 30.3 Å². The second-order valence-corrected chi connectivity index (χ2v) is 6.10. The molecule has 1 aromatic carbocycles. The Bertz CT molecular complexity index is 882. The Morgan fingerprint density at radius 2 is 2.04 bits per heavy atom. The molecule has 7 nitrogen and oxygen atoms in total. The lowest BCUT2D eigenvalue weighted by molar-refractivity contribution is -0.137. The lowest BCUT2D eigenvalue weighted by Gasteiger charge is -2.32. The van der Waals surface area contributed by atoms with Gasteiger partial charge < -0.3 is 4.90 Å². The van der Waals surface area contributed by atoms with Crippen molar-refractivity contribution < 1.29 is 4.79 Å². The number of hydrogen-bond acceptors (Lipinski definition) is 4. The molecule has 7 heteroatoms. The Morgan fingerprint density at radius 3 is 2.75 bits per heavy atom. The van der Waals surface area contributed by atoms with Crippen LogP contribution in [0.3, 0.4) is 0 Å². The Hall–Kier alpha value is -2.96. The van der Waals surface area contributed by atoms with Gasteiger partial charge in [0.05, 0.1) is 6.54 Å². The summed E-state index contributed by atoms with van der Waals surface area (Å²) in [6.45, 7) is 4.84. The molecule has 0 saturated carbocycles. The van der Waals surface area contributed by atoms with E-state index in [0.717, 1.165) is 17.1 Å². The molecule has 0 spiro atoms. The van der Waals surface area contributed by atoms with E-state index in [9.17, 15) is 4.79 Å². The molecule has 4 rings (SSSR count). The molecule has 0 unspecified atom stereocenters. The highest BCUT2D eigenvalue weighted by molar-refractivity contribution is 5.81. The molecule has 1 aliphatic heterocycles. The van der Waals surface area contributed by atoms with Crippen LogP contribution in [0.2, 0.25) is 0 Å². The minimum atomic E-state index is -0.348. The molecule has 0 radical (unpaired) electrons. The molecule has 0 fully saturated rings. The molecular weight excluding hydrogens is 304 g/mol. The van der Waals surface area contributed by atoms with Crippen LogP contribution in [0, 0.1) is 6.92 Å². The molecule has 3 aromatic rings. The summed E-state index contributed by atoms with van der Waals surface area (Å²) in [6, 6.07) is 11.5. The normalized spacial score (nSPS) is 17.2. The van der Waals surface area contributed by atoms with Crippen molar-refractivity contribution in [2.75, 3.05) is 0 Å². The van der Waals surface area contributed by atoms with Gasteiger partial charge >= 0.3 is 0 Å². The molecule has 0 bridgehead atoms. The molecule has 122 valence electrons. The van der Waals surface area contributed by atoms with Crippen molar-refractivity contribution in [2.24, 2.45) is 0 Å². The van der Waals surface area contributed by atoms with Gasteiger partial charge in [0.25, 0.3) is 0 Å². The number of fused-ring (bicyclic) bond motifs is 1. The van der Waals surface area contributed by atoms with Crippen LogP contribution in [0.25, 0.3) is 11.5 Å². The quantitative estimate of drug-likeness (QED) is 0.800. The number of hydrogen-bond donors (Lipinski definition) is 1. The fraction of sp³-hybridized carbons (Fsp3) is 0.294. The van der Waals surface area contributed by atoms with Crippen LogP contribution in [0.5, 0.6) is 0 Å². The zero-order valence-corrected chi connectivity index (χ0v) is 13.6. The number of nitrogens with zero attached hydrogens (tertiary/aromatic N) is 5. The number of benzene rings is 1.